The van der Waals surface area contributed by atoms with Crippen molar-refractivity contribution in [2.45, 2.75) is 43.2 Å². The van der Waals surface area contributed by atoms with Crippen LogP contribution in [-0.2, 0) is 5.41 Å². The topological polar surface area (TPSA) is 32.3 Å². The van der Waals surface area contributed by atoms with Gasteiger partial charge in [-0.2, -0.15) is 0 Å². The van der Waals surface area contributed by atoms with E-state index >= 15 is 0 Å². The molecule has 2 fully saturated rings. The Bertz CT molecular complexity index is 594. The summed E-state index contributed by atoms with van der Waals surface area (Å²) in [5, 5.41) is 14.5. The molecule has 1 saturated carbocycles. The summed E-state index contributed by atoms with van der Waals surface area (Å²) < 4.78 is 0. The minimum absolute atomic E-state index is 0.0128. The molecule has 1 heterocycles. The summed E-state index contributed by atoms with van der Waals surface area (Å²) in [7, 11) is 0. The molecule has 3 atom stereocenters. The maximum atomic E-state index is 11.0. The molecule has 2 heteroatoms. The predicted molar refractivity (Wildman–Crippen MR) is 93.4 cm³/mol. The molecule has 4 rings (SSSR count). The van der Waals surface area contributed by atoms with Crippen LogP contribution in [0.5, 0.6) is 0 Å². The van der Waals surface area contributed by atoms with Crippen LogP contribution >= 0.6 is 0 Å². The van der Waals surface area contributed by atoms with Crippen LogP contribution in [-0.4, -0.2) is 23.8 Å². The number of aliphatic hydroxyl groups excluding tert-OH is 1. The zero-order chi connectivity index (χ0) is 15.7. The van der Waals surface area contributed by atoms with E-state index < -0.39 is 0 Å². The summed E-state index contributed by atoms with van der Waals surface area (Å²) in [5.41, 5.74) is 2.67. The molecule has 2 aromatic rings. The Labute approximate surface area is 138 Å². The first-order valence-corrected chi connectivity index (χ1v) is 8.85. The third kappa shape index (κ3) is 2.60. The van der Waals surface area contributed by atoms with Crippen LogP contribution in [0.2, 0.25) is 0 Å². The molecular weight excluding hydrogens is 282 g/mol. The average Bonchev–Trinajstić information content (AvgIpc) is 3.40. The monoisotopic (exact) mass is 307 g/mol. The van der Waals surface area contributed by atoms with Gasteiger partial charge in [-0.1, -0.05) is 67.1 Å². The van der Waals surface area contributed by atoms with E-state index in [0.717, 1.165) is 19.4 Å². The minimum atomic E-state index is -0.268. The molecule has 0 aromatic heterocycles. The second-order valence-electron chi connectivity index (χ2n) is 7.06. The van der Waals surface area contributed by atoms with Crippen molar-refractivity contribution in [3.63, 3.8) is 0 Å². The average molecular weight is 307 g/mol. The highest BCUT2D eigenvalue weighted by molar-refractivity contribution is 5.47. The maximum Gasteiger partial charge on any atom is 0.0733 e. The van der Waals surface area contributed by atoms with Crippen molar-refractivity contribution in [2.24, 2.45) is 5.92 Å². The van der Waals surface area contributed by atoms with Gasteiger partial charge in [-0.15, -0.1) is 0 Å². The summed E-state index contributed by atoms with van der Waals surface area (Å²) in [4.78, 5) is 0. The highest BCUT2D eigenvalue weighted by Crippen LogP contribution is 2.60. The summed E-state index contributed by atoms with van der Waals surface area (Å²) >= 11 is 0. The van der Waals surface area contributed by atoms with E-state index in [4.69, 9.17) is 0 Å². The number of hydrogen-bond acceptors (Lipinski definition) is 2. The van der Waals surface area contributed by atoms with Gasteiger partial charge in [-0.05, 0) is 36.9 Å². The van der Waals surface area contributed by atoms with Gasteiger partial charge in [0.2, 0.25) is 0 Å². The standard InChI is InChI=1S/C21H25NO/c23-20(19-13-7-8-14-22-19)18-15-21(18,16-9-3-1-4-10-16)17-11-5-2-6-12-17/h1-6,9-12,18-20,22-23H,7-8,13-15H2. The third-order valence-electron chi connectivity index (χ3n) is 5.77. The smallest absolute Gasteiger partial charge is 0.0733 e. The molecule has 0 spiro atoms. The van der Waals surface area contributed by atoms with E-state index in [1.807, 2.05) is 0 Å². The first kappa shape index (κ1) is 14.9. The third-order valence-corrected chi connectivity index (χ3v) is 5.77. The summed E-state index contributed by atoms with van der Waals surface area (Å²) in [6.45, 7) is 1.04. The van der Waals surface area contributed by atoms with Crippen LogP contribution in [0.3, 0.4) is 0 Å². The van der Waals surface area contributed by atoms with E-state index in [-0.39, 0.29) is 17.6 Å². The number of benzene rings is 2. The number of nitrogens with one attached hydrogen (secondary N) is 1. The fourth-order valence-corrected chi connectivity index (χ4v) is 4.45. The lowest BCUT2D eigenvalue weighted by Gasteiger charge is -2.30. The van der Waals surface area contributed by atoms with Crippen molar-refractivity contribution in [3.05, 3.63) is 71.8 Å². The number of piperidine rings is 1. The van der Waals surface area contributed by atoms with Crippen molar-refractivity contribution in [1.29, 1.82) is 0 Å². The summed E-state index contributed by atoms with van der Waals surface area (Å²) in [5.74, 6) is 0.308. The molecule has 0 amide bonds. The molecule has 1 saturated heterocycles. The van der Waals surface area contributed by atoms with Gasteiger partial charge in [-0.25, -0.2) is 0 Å². The van der Waals surface area contributed by atoms with E-state index in [0.29, 0.717) is 5.92 Å². The van der Waals surface area contributed by atoms with Gasteiger partial charge in [0.1, 0.15) is 0 Å². The fourth-order valence-electron chi connectivity index (χ4n) is 4.45. The van der Waals surface area contributed by atoms with Crippen LogP contribution in [0.25, 0.3) is 0 Å². The van der Waals surface area contributed by atoms with E-state index in [1.54, 1.807) is 0 Å². The van der Waals surface area contributed by atoms with Crippen molar-refractivity contribution in [2.75, 3.05) is 6.54 Å². The van der Waals surface area contributed by atoms with Crippen molar-refractivity contribution < 1.29 is 5.11 Å². The first-order valence-electron chi connectivity index (χ1n) is 8.85. The lowest BCUT2D eigenvalue weighted by atomic mass is 9.83. The normalized spacial score (nSPS) is 27.3. The van der Waals surface area contributed by atoms with Crippen LogP contribution in [0.4, 0.5) is 0 Å². The number of aliphatic hydroxyl groups is 1. The van der Waals surface area contributed by atoms with Crippen molar-refractivity contribution >= 4 is 0 Å². The molecule has 23 heavy (non-hydrogen) atoms. The second-order valence-corrected chi connectivity index (χ2v) is 7.06. The van der Waals surface area contributed by atoms with E-state index in [9.17, 15) is 5.11 Å². The quantitative estimate of drug-likeness (QED) is 0.906. The van der Waals surface area contributed by atoms with E-state index in [1.165, 1.54) is 24.0 Å². The largest absolute Gasteiger partial charge is 0.391 e. The van der Waals surface area contributed by atoms with Crippen LogP contribution in [0.1, 0.15) is 36.8 Å². The minimum Gasteiger partial charge on any atom is -0.391 e. The second kappa shape index (κ2) is 6.10. The Balaban J connectivity index is 1.67. The molecule has 120 valence electrons. The van der Waals surface area contributed by atoms with Gasteiger partial charge in [-0.3, -0.25) is 0 Å². The van der Waals surface area contributed by atoms with Gasteiger partial charge in [0, 0.05) is 17.4 Å². The molecule has 0 bridgehead atoms. The zero-order valence-electron chi connectivity index (χ0n) is 13.5. The molecule has 1 aliphatic heterocycles. The summed E-state index contributed by atoms with van der Waals surface area (Å²) in [6.07, 6.45) is 4.33. The predicted octanol–water partition coefficient (Wildman–Crippen LogP) is 3.50. The van der Waals surface area contributed by atoms with Crippen molar-refractivity contribution in [3.8, 4) is 0 Å². The molecule has 2 aliphatic rings. The molecule has 2 aromatic carbocycles. The molecule has 2 nitrogen and oxygen atoms in total. The highest BCUT2D eigenvalue weighted by atomic mass is 16.3. The molecule has 1 aliphatic carbocycles. The Morgan fingerprint density at radius 2 is 1.52 bits per heavy atom. The summed E-state index contributed by atoms with van der Waals surface area (Å²) in [6, 6.07) is 21.7. The lowest BCUT2D eigenvalue weighted by molar-refractivity contribution is 0.0874. The maximum absolute atomic E-state index is 11.0. The fraction of sp³-hybridized carbons (Fsp3) is 0.429. The Kier molecular flexibility index (Phi) is 3.96. The molecule has 2 N–H and O–H groups in total. The highest BCUT2D eigenvalue weighted by Gasteiger charge is 2.60. The first-order chi connectivity index (χ1) is 11.3. The van der Waals surface area contributed by atoms with Gasteiger partial charge in [0.15, 0.2) is 0 Å². The SMILES string of the molecule is OC(C1CCCCN1)C1CC1(c1ccccc1)c1ccccc1. The van der Waals surface area contributed by atoms with Gasteiger partial charge in [0.25, 0.3) is 0 Å². The van der Waals surface area contributed by atoms with Crippen LogP contribution < -0.4 is 5.32 Å². The van der Waals surface area contributed by atoms with Gasteiger partial charge < -0.3 is 10.4 Å². The molecule has 3 unspecified atom stereocenters. The van der Waals surface area contributed by atoms with Crippen molar-refractivity contribution in [1.82, 2.24) is 5.32 Å². The zero-order valence-corrected chi connectivity index (χ0v) is 13.5. The number of hydrogen-bond donors (Lipinski definition) is 2. The molecular formula is C21H25NO. The number of rotatable bonds is 4. The van der Waals surface area contributed by atoms with E-state index in [2.05, 4.69) is 66.0 Å². The molecule has 0 radical (unpaired) electrons. The van der Waals surface area contributed by atoms with Gasteiger partial charge in [0.05, 0.1) is 6.10 Å². The Morgan fingerprint density at radius 3 is 2.04 bits per heavy atom. The Hall–Kier alpha value is -1.64. The Morgan fingerprint density at radius 1 is 0.913 bits per heavy atom. The van der Waals surface area contributed by atoms with Crippen LogP contribution in [0.15, 0.2) is 60.7 Å². The lowest BCUT2D eigenvalue weighted by Crippen LogP contribution is -2.45. The van der Waals surface area contributed by atoms with Gasteiger partial charge >= 0.3 is 0 Å². The van der Waals surface area contributed by atoms with Crippen LogP contribution in [0, 0.1) is 5.92 Å².